The Hall–Kier alpha value is -1.66. The van der Waals surface area contributed by atoms with Gasteiger partial charge in [0.15, 0.2) is 0 Å². The van der Waals surface area contributed by atoms with Crippen LogP contribution in [0.15, 0.2) is 18.3 Å². The molecule has 1 fully saturated rings. The van der Waals surface area contributed by atoms with Gasteiger partial charge in [-0.1, -0.05) is 0 Å². The van der Waals surface area contributed by atoms with Gasteiger partial charge in [-0.05, 0) is 44.5 Å². The summed E-state index contributed by atoms with van der Waals surface area (Å²) in [4.78, 5) is 18.3. The van der Waals surface area contributed by atoms with Gasteiger partial charge in [0.25, 0.3) is 5.91 Å². The molecular formula is C13H21N5O. The molecule has 0 saturated carbocycles. The first-order chi connectivity index (χ1) is 9.19. The molecule has 0 spiro atoms. The Morgan fingerprint density at radius 3 is 3.21 bits per heavy atom. The molecule has 1 saturated heterocycles. The van der Waals surface area contributed by atoms with E-state index in [0.717, 1.165) is 19.6 Å². The van der Waals surface area contributed by atoms with Crippen LogP contribution in [0.4, 0.5) is 5.82 Å². The van der Waals surface area contributed by atoms with E-state index in [1.165, 1.54) is 12.8 Å². The number of hydrogen-bond acceptors (Lipinski definition) is 5. The molecule has 6 heteroatoms. The van der Waals surface area contributed by atoms with Crippen LogP contribution in [-0.4, -0.2) is 42.5 Å². The Labute approximate surface area is 113 Å². The summed E-state index contributed by atoms with van der Waals surface area (Å²) in [7, 11) is 2.12. The number of carbonyl (C=O) groups is 1. The van der Waals surface area contributed by atoms with E-state index in [0.29, 0.717) is 17.3 Å². The van der Waals surface area contributed by atoms with Crippen LogP contribution in [0.5, 0.6) is 0 Å². The largest absolute Gasteiger partial charge is 0.352 e. The molecule has 1 amide bonds. The van der Waals surface area contributed by atoms with Crippen molar-refractivity contribution in [3.63, 3.8) is 0 Å². The van der Waals surface area contributed by atoms with Crippen molar-refractivity contribution in [1.82, 2.24) is 15.2 Å². The van der Waals surface area contributed by atoms with Crippen LogP contribution in [-0.2, 0) is 0 Å². The lowest BCUT2D eigenvalue weighted by Gasteiger charge is -2.29. The third-order valence-corrected chi connectivity index (χ3v) is 3.44. The zero-order valence-corrected chi connectivity index (χ0v) is 11.2. The summed E-state index contributed by atoms with van der Waals surface area (Å²) in [6, 6.07) is 3.32. The van der Waals surface area contributed by atoms with E-state index in [1.54, 1.807) is 18.3 Å². The highest BCUT2D eigenvalue weighted by Gasteiger charge is 2.18. The number of nitrogen functional groups attached to an aromatic ring is 1. The van der Waals surface area contributed by atoms with E-state index in [-0.39, 0.29) is 5.91 Å². The lowest BCUT2D eigenvalue weighted by Crippen LogP contribution is -2.39. The summed E-state index contributed by atoms with van der Waals surface area (Å²) in [5.74, 6) is 6.23. The molecule has 1 aliphatic heterocycles. The lowest BCUT2D eigenvalue weighted by molar-refractivity contribution is 0.0937. The number of hydrogen-bond donors (Lipinski definition) is 3. The number of nitrogens with one attached hydrogen (secondary N) is 2. The van der Waals surface area contributed by atoms with E-state index in [9.17, 15) is 4.79 Å². The molecule has 4 N–H and O–H groups in total. The van der Waals surface area contributed by atoms with E-state index in [1.807, 2.05) is 0 Å². The maximum Gasteiger partial charge on any atom is 0.251 e. The van der Waals surface area contributed by atoms with Crippen LogP contribution >= 0.6 is 0 Å². The van der Waals surface area contributed by atoms with E-state index in [2.05, 4.69) is 27.7 Å². The van der Waals surface area contributed by atoms with Gasteiger partial charge in [-0.2, -0.15) is 0 Å². The first-order valence-corrected chi connectivity index (χ1v) is 6.58. The van der Waals surface area contributed by atoms with Gasteiger partial charge in [0.2, 0.25) is 0 Å². The van der Waals surface area contributed by atoms with Gasteiger partial charge in [0, 0.05) is 24.8 Å². The summed E-state index contributed by atoms with van der Waals surface area (Å²) < 4.78 is 0. The fourth-order valence-electron chi connectivity index (χ4n) is 2.43. The maximum atomic E-state index is 12.0. The molecule has 0 aromatic carbocycles. The van der Waals surface area contributed by atoms with Crippen LogP contribution in [0.25, 0.3) is 0 Å². The minimum absolute atomic E-state index is 0.0767. The SMILES string of the molecule is CN1CCCC(CNC(=O)c2ccnc(NN)c2)C1. The molecule has 19 heavy (non-hydrogen) atoms. The number of likely N-dealkylation sites (tertiary alicyclic amines) is 1. The van der Waals surface area contributed by atoms with E-state index >= 15 is 0 Å². The van der Waals surface area contributed by atoms with Gasteiger partial charge < -0.3 is 15.6 Å². The summed E-state index contributed by atoms with van der Waals surface area (Å²) in [6.07, 6.45) is 3.95. The molecule has 1 aromatic heterocycles. The second kappa shape index (κ2) is 6.49. The Morgan fingerprint density at radius 1 is 1.63 bits per heavy atom. The predicted octanol–water partition coefficient (Wildman–Crippen LogP) is 0.439. The van der Waals surface area contributed by atoms with Crippen LogP contribution in [0.3, 0.4) is 0 Å². The van der Waals surface area contributed by atoms with Crippen molar-refractivity contribution in [1.29, 1.82) is 0 Å². The smallest absolute Gasteiger partial charge is 0.251 e. The molecule has 1 atom stereocenters. The number of aromatic nitrogens is 1. The number of amides is 1. The van der Waals surface area contributed by atoms with Crippen molar-refractivity contribution in [3.05, 3.63) is 23.9 Å². The number of hydrazine groups is 1. The first kappa shape index (κ1) is 13.8. The highest BCUT2D eigenvalue weighted by Crippen LogP contribution is 2.14. The van der Waals surface area contributed by atoms with Crippen molar-refractivity contribution in [2.24, 2.45) is 11.8 Å². The average molecular weight is 263 g/mol. The summed E-state index contributed by atoms with van der Waals surface area (Å²) >= 11 is 0. The fraction of sp³-hybridized carbons (Fsp3) is 0.538. The number of pyridine rings is 1. The van der Waals surface area contributed by atoms with Crippen molar-refractivity contribution < 1.29 is 4.79 Å². The van der Waals surface area contributed by atoms with Crippen molar-refractivity contribution in [2.75, 3.05) is 32.1 Å². The standard InChI is InChI=1S/C13H21N5O/c1-18-6-2-3-10(9-18)8-16-13(19)11-4-5-15-12(7-11)17-14/h4-5,7,10H,2-3,6,8-9,14H2,1H3,(H,15,17)(H,16,19). The molecule has 0 bridgehead atoms. The molecule has 0 radical (unpaired) electrons. The Morgan fingerprint density at radius 2 is 2.47 bits per heavy atom. The number of nitrogens with two attached hydrogens (primary N) is 1. The fourth-order valence-corrected chi connectivity index (χ4v) is 2.43. The summed E-state index contributed by atoms with van der Waals surface area (Å²) in [5.41, 5.74) is 3.01. The number of rotatable bonds is 4. The van der Waals surface area contributed by atoms with Crippen molar-refractivity contribution in [3.8, 4) is 0 Å². The minimum Gasteiger partial charge on any atom is -0.352 e. The molecule has 104 valence electrons. The normalized spacial score (nSPS) is 20.0. The van der Waals surface area contributed by atoms with Gasteiger partial charge in [-0.25, -0.2) is 10.8 Å². The maximum absolute atomic E-state index is 12.0. The van der Waals surface area contributed by atoms with E-state index < -0.39 is 0 Å². The van der Waals surface area contributed by atoms with Crippen molar-refractivity contribution in [2.45, 2.75) is 12.8 Å². The van der Waals surface area contributed by atoms with Crippen LogP contribution < -0.4 is 16.6 Å². The number of carbonyl (C=O) groups excluding carboxylic acids is 1. The van der Waals surface area contributed by atoms with Crippen LogP contribution in [0, 0.1) is 5.92 Å². The average Bonchev–Trinajstić information content (AvgIpc) is 2.45. The van der Waals surface area contributed by atoms with Crippen molar-refractivity contribution >= 4 is 11.7 Å². The highest BCUT2D eigenvalue weighted by atomic mass is 16.1. The quantitative estimate of drug-likeness (QED) is 0.542. The second-order valence-corrected chi connectivity index (χ2v) is 5.05. The zero-order valence-electron chi connectivity index (χ0n) is 11.2. The molecule has 2 rings (SSSR count). The molecule has 1 aromatic rings. The zero-order chi connectivity index (χ0) is 13.7. The second-order valence-electron chi connectivity index (χ2n) is 5.05. The Balaban J connectivity index is 1.86. The molecule has 6 nitrogen and oxygen atoms in total. The molecule has 1 unspecified atom stereocenters. The number of anilines is 1. The molecule has 0 aliphatic carbocycles. The molecule has 1 aliphatic rings. The predicted molar refractivity (Wildman–Crippen MR) is 74.6 cm³/mol. The monoisotopic (exact) mass is 263 g/mol. The van der Waals surface area contributed by atoms with Gasteiger partial charge in [-0.15, -0.1) is 0 Å². The molecule has 2 heterocycles. The van der Waals surface area contributed by atoms with Crippen LogP contribution in [0.2, 0.25) is 0 Å². The summed E-state index contributed by atoms with van der Waals surface area (Å²) in [5, 5.41) is 2.98. The van der Waals surface area contributed by atoms with Gasteiger partial charge >= 0.3 is 0 Å². The lowest BCUT2D eigenvalue weighted by atomic mass is 9.98. The highest BCUT2D eigenvalue weighted by molar-refractivity contribution is 5.94. The van der Waals surface area contributed by atoms with E-state index in [4.69, 9.17) is 5.84 Å². The van der Waals surface area contributed by atoms with Gasteiger partial charge in [-0.3, -0.25) is 4.79 Å². The third kappa shape index (κ3) is 3.90. The first-order valence-electron chi connectivity index (χ1n) is 6.58. The van der Waals surface area contributed by atoms with Crippen LogP contribution in [0.1, 0.15) is 23.2 Å². The topological polar surface area (TPSA) is 83.3 Å². The third-order valence-electron chi connectivity index (χ3n) is 3.44. The van der Waals surface area contributed by atoms with Gasteiger partial charge in [0.05, 0.1) is 0 Å². The molecular weight excluding hydrogens is 242 g/mol. The number of piperidine rings is 1. The number of nitrogens with zero attached hydrogens (tertiary/aromatic N) is 2. The Kier molecular flexibility index (Phi) is 4.70. The Bertz CT molecular complexity index is 437. The summed E-state index contributed by atoms with van der Waals surface area (Å²) in [6.45, 7) is 2.92. The van der Waals surface area contributed by atoms with Gasteiger partial charge in [0.1, 0.15) is 5.82 Å². The minimum atomic E-state index is -0.0767.